The van der Waals surface area contributed by atoms with Crippen LogP contribution in [0.15, 0.2) is 28.7 Å². The van der Waals surface area contributed by atoms with E-state index >= 15 is 0 Å². The van der Waals surface area contributed by atoms with Crippen LogP contribution in [0.3, 0.4) is 0 Å². The van der Waals surface area contributed by atoms with Gasteiger partial charge in [0, 0.05) is 11.9 Å². The minimum Gasteiger partial charge on any atom is -0.456 e. The highest BCUT2D eigenvalue weighted by atomic mass is 35.5. The van der Waals surface area contributed by atoms with E-state index in [0.29, 0.717) is 22.9 Å². The lowest BCUT2D eigenvalue weighted by molar-refractivity contribution is -0.0429. The van der Waals surface area contributed by atoms with Crippen LogP contribution in [0.5, 0.6) is 0 Å². The molecule has 4 heteroatoms. The van der Waals surface area contributed by atoms with Gasteiger partial charge in [0.15, 0.2) is 5.58 Å². The molecule has 0 spiro atoms. The Kier molecular flexibility index (Phi) is 2.85. The quantitative estimate of drug-likeness (QED) is 0.861. The third kappa shape index (κ3) is 1.92. The van der Waals surface area contributed by atoms with Gasteiger partial charge in [0.05, 0.1) is 5.02 Å². The number of β-amino-alcohol motifs (C(OH)–C–C–N with tert-alkyl or cyclic N) is 1. The van der Waals surface area contributed by atoms with Crippen molar-refractivity contribution in [1.29, 1.82) is 0 Å². The normalized spacial score (nSPS) is 25.7. The Labute approximate surface area is 111 Å². The first-order chi connectivity index (χ1) is 8.58. The predicted octanol–water partition coefficient (Wildman–Crippen LogP) is 3.00. The van der Waals surface area contributed by atoms with Crippen LogP contribution in [-0.4, -0.2) is 30.1 Å². The lowest BCUT2D eigenvalue weighted by Crippen LogP contribution is -2.43. The molecule has 96 valence electrons. The molecule has 0 bridgehead atoms. The molecule has 1 N–H and O–H groups in total. The van der Waals surface area contributed by atoms with Crippen LogP contribution in [0.4, 0.5) is 0 Å². The third-order valence-corrected chi connectivity index (χ3v) is 3.91. The average Bonchev–Trinajstić information content (AvgIpc) is 2.75. The van der Waals surface area contributed by atoms with Gasteiger partial charge in [-0.15, -0.1) is 0 Å². The van der Waals surface area contributed by atoms with Crippen molar-refractivity contribution >= 4 is 22.6 Å². The van der Waals surface area contributed by atoms with Gasteiger partial charge in [-0.2, -0.15) is 0 Å². The van der Waals surface area contributed by atoms with E-state index in [1.54, 1.807) is 6.07 Å². The summed E-state index contributed by atoms with van der Waals surface area (Å²) in [5.74, 6) is 0.622. The Balaban J connectivity index is 2.06. The molecule has 1 unspecified atom stereocenters. The fourth-order valence-electron chi connectivity index (χ4n) is 2.70. The maximum Gasteiger partial charge on any atom is 0.153 e. The highest BCUT2D eigenvalue weighted by Crippen LogP contribution is 2.36. The molecule has 1 fully saturated rings. The van der Waals surface area contributed by atoms with E-state index < -0.39 is 5.60 Å². The van der Waals surface area contributed by atoms with E-state index in [9.17, 15) is 5.11 Å². The summed E-state index contributed by atoms with van der Waals surface area (Å²) in [6, 6.07) is 7.54. The molecule has 0 radical (unpaired) electrons. The maximum absolute atomic E-state index is 10.7. The Morgan fingerprint density at radius 2 is 2.28 bits per heavy atom. The predicted molar refractivity (Wildman–Crippen MR) is 71.9 cm³/mol. The van der Waals surface area contributed by atoms with Crippen molar-refractivity contribution < 1.29 is 9.52 Å². The number of fused-ring (bicyclic) bond motifs is 1. The molecule has 1 aromatic carbocycles. The van der Waals surface area contributed by atoms with Crippen molar-refractivity contribution in [1.82, 2.24) is 4.90 Å². The number of piperidine rings is 1. The van der Waals surface area contributed by atoms with Crippen molar-refractivity contribution in [3.8, 4) is 0 Å². The summed E-state index contributed by atoms with van der Waals surface area (Å²) in [4.78, 5) is 2.12. The van der Waals surface area contributed by atoms with Gasteiger partial charge in [-0.25, -0.2) is 0 Å². The minimum atomic E-state index is -0.894. The van der Waals surface area contributed by atoms with Crippen LogP contribution in [0.1, 0.15) is 18.6 Å². The van der Waals surface area contributed by atoms with Crippen molar-refractivity contribution in [2.45, 2.75) is 18.4 Å². The monoisotopic (exact) mass is 265 g/mol. The van der Waals surface area contributed by atoms with E-state index in [-0.39, 0.29) is 0 Å². The van der Waals surface area contributed by atoms with Gasteiger partial charge in [0.1, 0.15) is 11.4 Å². The largest absolute Gasteiger partial charge is 0.456 e. The zero-order valence-corrected chi connectivity index (χ0v) is 11.1. The number of benzene rings is 1. The maximum atomic E-state index is 10.7. The van der Waals surface area contributed by atoms with Crippen LogP contribution in [0.25, 0.3) is 11.0 Å². The number of nitrogens with zero attached hydrogens (tertiary/aromatic N) is 1. The fourth-order valence-corrected chi connectivity index (χ4v) is 2.92. The van der Waals surface area contributed by atoms with E-state index in [2.05, 4.69) is 4.90 Å². The van der Waals surface area contributed by atoms with Crippen LogP contribution in [0, 0.1) is 0 Å². The number of para-hydroxylation sites is 1. The van der Waals surface area contributed by atoms with Crippen molar-refractivity contribution in [3.63, 3.8) is 0 Å². The fraction of sp³-hybridized carbons (Fsp3) is 0.429. The second kappa shape index (κ2) is 4.26. The number of likely N-dealkylation sites (tertiary alicyclic amines) is 1. The molecule has 1 aliphatic rings. The van der Waals surface area contributed by atoms with Gasteiger partial charge in [-0.05, 0) is 38.6 Å². The van der Waals surface area contributed by atoms with E-state index in [0.717, 1.165) is 24.8 Å². The highest BCUT2D eigenvalue weighted by Gasteiger charge is 2.36. The summed E-state index contributed by atoms with van der Waals surface area (Å²) in [6.07, 6.45) is 1.70. The Hall–Kier alpha value is -1.03. The Bertz CT molecular complexity index is 580. The summed E-state index contributed by atoms with van der Waals surface area (Å²) < 4.78 is 5.78. The summed E-state index contributed by atoms with van der Waals surface area (Å²) in [7, 11) is 2.01. The first-order valence-corrected chi connectivity index (χ1v) is 6.56. The van der Waals surface area contributed by atoms with E-state index in [4.69, 9.17) is 16.0 Å². The van der Waals surface area contributed by atoms with Gasteiger partial charge in [0.25, 0.3) is 0 Å². The van der Waals surface area contributed by atoms with E-state index in [1.807, 2.05) is 25.2 Å². The van der Waals surface area contributed by atoms with Crippen molar-refractivity contribution in [2.75, 3.05) is 20.1 Å². The second-order valence-corrected chi connectivity index (χ2v) is 5.55. The first kappa shape index (κ1) is 12.0. The lowest BCUT2D eigenvalue weighted by atomic mass is 9.90. The summed E-state index contributed by atoms with van der Waals surface area (Å²) in [5.41, 5.74) is -0.231. The molecule has 3 nitrogen and oxygen atoms in total. The summed E-state index contributed by atoms with van der Waals surface area (Å²) in [5, 5.41) is 12.3. The molecule has 1 aliphatic heterocycles. The number of aliphatic hydroxyl groups is 1. The zero-order valence-electron chi connectivity index (χ0n) is 10.3. The van der Waals surface area contributed by atoms with Gasteiger partial charge < -0.3 is 14.4 Å². The number of hydrogen-bond donors (Lipinski definition) is 1. The molecule has 2 aromatic rings. The molecule has 18 heavy (non-hydrogen) atoms. The standard InChI is InChI=1S/C14H16ClNO2/c1-16-7-3-6-14(17,9-16)12-8-10-4-2-5-11(15)13(10)18-12/h2,4-5,8,17H,3,6-7,9H2,1H3. The topological polar surface area (TPSA) is 36.6 Å². The molecule has 0 amide bonds. The van der Waals surface area contributed by atoms with Crippen LogP contribution < -0.4 is 0 Å². The van der Waals surface area contributed by atoms with E-state index in [1.165, 1.54) is 0 Å². The van der Waals surface area contributed by atoms with Gasteiger partial charge >= 0.3 is 0 Å². The van der Waals surface area contributed by atoms with Crippen molar-refractivity contribution in [3.05, 3.63) is 35.0 Å². The molecular formula is C14H16ClNO2. The second-order valence-electron chi connectivity index (χ2n) is 5.14. The molecule has 2 heterocycles. The van der Waals surface area contributed by atoms with Crippen LogP contribution in [-0.2, 0) is 5.60 Å². The number of furan rings is 1. The molecule has 0 saturated carbocycles. The number of rotatable bonds is 1. The Morgan fingerprint density at radius 3 is 3.00 bits per heavy atom. The smallest absolute Gasteiger partial charge is 0.153 e. The molecule has 1 atom stereocenters. The average molecular weight is 266 g/mol. The Morgan fingerprint density at radius 1 is 1.44 bits per heavy atom. The highest BCUT2D eigenvalue weighted by molar-refractivity contribution is 6.34. The minimum absolute atomic E-state index is 0.589. The molecular weight excluding hydrogens is 250 g/mol. The summed E-state index contributed by atoms with van der Waals surface area (Å²) in [6.45, 7) is 1.62. The lowest BCUT2D eigenvalue weighted by Gasteiger charge is -2.35. The summed E-state index contributed by atoms with van der Waals surface area (Å²) >= 11 is 6.10. The molecule has 3 rings (SSSR count). The number of halogens is 1. The van der Waals surface area contributed by atoms with Crippen LogP contribution in [0.2, 0.25) is 5.02 Å². The SMILES string of the molecule is CN1CCCC(O)(c2cc3cccc(Cl)c3o2)C1. The third-order valence-electron chi connectivity index (χ3n) is 3.62. The molecule has 1 aromatic heterocycles. The van der Waals surface area contributed by atoms with Crippen LogP contribution >= 0.6 is 11.6 Å². The van der Waals surface area contributed by atoms with Crippen molar-refractivity contribution in [2.24, 2.45) is 0 Å². The molecule has 1 saturated heterocycles. The van der Waals surface area contributed by atoms with Gasteiger partial charge in [0.2, 0.25) is 0 Å². The molecule has 0 aliphatic carbocycles. The van der Waals surface area contributed by atoms with Gasteiger partial charge in [-0.1, -0.05) is 23.7 Å². The first-order valence-electron chi connectivity index (χ1n) is 6.18. The zero-order chi connectivity index (χ0) is 12.8. The number of hydrogen-bond acceptors (Lipinski definition) is 3. The van der Waals surface area contributed by atoms with Gasteiger partial charge in [-0.3, -0.25) is 0 Å². The number of likely N-dealkylation sites (N-methyl/N-ethyl adjacent to an activating group) is 1.